The quantitative estimate of drug-likeness (QED) is 0.638. The van der Waals surface area contributed by atoms with Crippen LogP contribution in [0.15, 0.2) is 0 Å². The van der Waals surface area contributed by atoms with Gasteiger partial charge in [0.15, 0.2) is 0 Å². The number of hydrogen-bond acceptors (Lipinski definition) is 1. The lowest BCUT2D eigenvalue weighted by Gasteiger charge is -2.33. The predicted octanol–water partition coefficient (Wildman–Crippen LogP) is 4.60. The highest BCUT2D eigenvalue weighted by atomic mass is 14.7. The van der Waals surface area contributed by atoms with Crippen LogP contribution in [0.1, 0.15) is 69.6 Å². The van der Waals surface area contributed by atoms with Gasteiger partial charge in [0.1, 0.15) is 0 Å². The summed E-state index contributed by atoms with van der Waals surface area (Å²) in [6, 6.07) is 0. The molecule has 0 saturated carbocycles. The minimum absolute atomic E-state index is 0.151. The highest BCUT2D eigenvalue weighted by Crippen LogP contribution is 2.38. The fourth-order valence-corrected chi connectivity index (χ4v) is 2.80. The van der Waals surface area contributed by atoms with Crippen LogP contribution >= 0.6 is 0 Å². The Kier molecular flexibility index (Phi) is 3.44. The standard InChI is InChI=1S/C16H27N/c1-10-11(2)17-12(3)14(16(7,8)9)13(10)15(4,5)6/h1-9H3. The molecule has 96 valence electrons. The zero-order chi connectivity index (χ0) is 13.6. The third kappa shape index (κ3) is 2.70. The monoisotopic (exact) mass is 233 g/mol. The van der Waals surface area contributed by atoms with Gasteiger partial charge in [-0.1, -0.05) is 41.5 Å². The van der Waals surface area contributed by atoms with Gasteiger partial charge in [0.2, 0.25) is 0 Å². The lowest BCUT2D eigenvalue weighted by Crippen LogP contribution is -2.26. The maximum atomic E-state index is 4.71. The molecular formula is C16H27N. The van der Waals surface area contributed by atoms with Crippen LogP contribution in [-0.2, 0) is 10.8 Å². The molecule has 0 unspecified atom stereocenters. The zero-order valence-electron chi connectivity index (χ0n) is 12.9. The summed E-state index contributed by atoms with van der Waals surface area (Å²) in [7, 11) is 0. The molecule has 1 nitrogen and oxygen atoms in total. The van der Waals surface area contributed by atoms with Gasteiger partial charge >= 0.3 is 0 Å². The van der Waals surface area contributed by atoms with Gasteiger partial charge in [0.05, 0.1) is 0 Å². The molecular weight excluding hydrogens is 206 g/mol. The van der Waals surface area contributed by atoms with Crippen molar-refractivity contribution in [2.75, 3.05) is 0 Å². The fraction of sp³-hybridized carbons (Fsp3) is 0.688. The van der Waals surface area contributed by atoms with Crippen LogP contribution in [0.2, 0.25) is 0 Å². The van der Waals surface area contributed by atoms with Crippen molar-refractivity contribution in [1.82, 2.24) is 4.98 Å². The first kappa shape index (κ1) is 14.2. The molecule has 0 aliphatic carbocycles. The van der Waals surface area contributed by atoms with E-state index in [1.807, 2.05) is 0 Å². The van der Waals surface area contributed by atoms with Crippen LogP contribution < -0.4 is 0 Å². The van der Waals surface area contributed by atoms with Crippen molar-refractivity contribution < 1.29 is 0 Å². The second-order valence-electron chi connectivity index (χ2n) is 7.16. The van der Waals surface area contributed by atoms with Crippen LogP contribution in [-0.4, -0.2) is 4.98 Å². The molecule has 1 heterocycles. The first-order chi connectivity index (χ1) is 7.46. The average Bonchev–Trinajstić information content (AvgIpc) is 2.06. The second-order valence-corrected chi connectivity index (χ2v) is 7.16. The summed E-state index contributed by atoms with van der Waals surface area (Å²) in [6.45, 7) is 20.2. The first-order valence-corrected chi connectivity index (χ1v) is 6.45. The van der Waals surface area contributed by atoms with E-state index in [4.69, 9.17) is 4.98 Å². The molecule has 0 aromatic carbocycles. The molecule has 0 N–H and O–H groups in total. The largest absolute Gasteiger partial charge is 0.258 e. The maximum absolute atomic E-state index is 4.71. The molecule has 0 amide bonds. The van der Waals surface area contributed by atoms with Crippen LogP contribution in [0.3, 0.4) is 0 Å². The molecule has 1 aromatic heterocycles. The number of pyridine rings is 1. The molecule has 1 rings (SSSR count). The third-order valence-electron chi connectivity index (χ3n) is 3.36. The normalized spacial score (nSPS) is 13.0. The van der Waals surface area contributed by atoms with Gasteiger partial charge in [-0.15, -0.1) is 0 Å². The van der Waals surface area contributed by atoms with E-state index in [2.05, 4.69) is 62.3 Å². The number of rotatable bonds is 0. The summed E-state index contributed by atoms with van der Waals surface area (Å²) in [5.41, 5.74) is 6.94. The van der Waals surface area contributed by atoms with Crippen molar-refractivity contribution in [1.29, 1.82) is 0 Å². The SMILES string of the molecule is Cc1nc(C)c(C(C)(C)C)c(C(C)(C)C)c1C. The molecule has 0 fully saturated rings. The van der Waals surface area contributed by atoms with Gasteiger partial charge < -0.3 is 0 Å². The Balaban J connectivity index is 3.76. The van der Waals surface area contributed by atoms with E-state index in [0.717, 1.165) is 0 Å². The minimum Gasteiger partial charge on any atom is -0.258 e. The van der Waals surface area contributed by atoms with Gasteiger partial charge in [0.25, 0.3) is 0 Å². The van der Waals surface area contributed by atoms with Crippen molar-refractivity contribution in [2.24, 2.45) is 0 Å². The average molecular weight is 233 g/mol. The van der Waals surface area contributed by atoms with Crippen LogP contribution in [0.5, 0.6) is 0 Å². The molecule has 0 aliphatic rings. The van der Waals surface area contributed by atoms with Crippen LogP contribution in [0.4, 0.5) is 0 Å². The van der Waals surface area contributed by atoms with E-state index >= 15 is 0 Å². The predicted molar refractivity (Wildman–Crippen MR) is 75.8 cm³/mol. The Labute approximate surface area is 107 Å². The summed E-state index contributed by atoms with van der Waals surface area (Å²) < 4.78 is 0. The lowest BCUT2D eigenvalue weighted by molar-refractivity contribution is 0.519. The topological polar surface area (TPSA) is 12.9 Å². The zero-order valence-corrected chi connectivity index (χ0v) is 12.9. The molecule has 0 saturated heterocycles. The molecule has 0 spiro atoms. The van der Waals surface area contributed by atoms with Gasteiger partial charge in [-0.25, -0.2) is 0 Å². The Morgan fingerprint density at radius 3 is 1.41 bits per heavy atom. The Bertz CT molecular complexity index is 428. The van der Waals surface area contributed by atoms with Crippen molar-refractivity contribution in [3.05, 3.63) is 28.1 Å². The molecule has 0 bridgehead atoms. The van der Waals surface area contributed by atoms with Crippen LogP contribution in [0, 0.1) is 20.8 Å². The van der Waals surface area contributed by atoms with E-state index in [1.54, 1.807) is 0 Å². The highest BCUT2D eigenvalue weighted by Gasteiger charge is 2.29. The molecule has 0 radical (unpaired) electrons. The van der Waals surface area contributed by atoms with E-state index in [1.165, 1.54) is 28.1 Å². The molecule has 1 heteroatoms. The Morgan fingerprint density at radius 1 is 0.647 bits per heavy atom. The molecule has 0 atom stereocenters. The van der Waals surface area contributed by atoms with Crippen molar-refractivity contribution in [3.8, 4) is 0 Å². The minimum atomic E-state index is 0.151. The van der Waals surface area contributed by atoms with Gasteiger partial charge in [-0.3, -0.25) is 4.98 Å². The van der Waals surface area contributed by atoms with Crippen molar-refractivity contribution >= 4 is 0 Å². The van der Waals surface area contributed by atoms with Crippen molar-refractivity contribution in [2.45, 2.75) is 73.1 Å². The highest BCUT2D eigenvalue weighted by molar-refractivity contribution is 5.46. The van der Waals surface area contributed by atoms with E-state index in [0.29, 0.717) is 0 Å². The maximum Gasteiger partial charge on any atom is 0.0416 e. The summed E-state index contributed by atoms with van der Waals surface area (Å²) in [4.78, 5) is 4.71. The van der Waals surface area contributed by atoms with E-state index in [9.17, 15) is 0 Å². The smallest absolute Gasteiger partial charge is 0.0416 e. The fourth-order valence-electron chi connectivity index (χ4n) is 2.80. The summed E-state index contributed by atoms with van der Waals surface area (Å²) in [6.07, 6.45) is 0. The number of aryl methyl sites for hydroxylation is 2. The van der Waals surface area contributed by atoms with E-state index < -0.39 is 0 Å². The summed E-state index contributed by atoms with van der Waals surface area (Å²) in [5.74, 6) is 0. The van der Waals surface area contributed by atoms with Gasteiger partial charge in [0, 0.05) is 11.4 Å². The van der Waals surface area contributed by atoms with Gasteiger partial charge in [-0.2, -0.15) is 0 Å². The van der Waals surface area contributed by atoms with Crippen LogP contribution in [0.25, 0.3) is 0 Å². The lowest BCUT2D eigenvalue weighted by atomic mass is 9.72. The summed E-state index contributed by atoms with van der Waals surface area (Å²) >= 11 is 0. The summed E-state index contributed by atoms with van der Waals surface area (Å²) in [5, 5.41) is 0. The third-order valence-corrected chi connectivity index (χ3v) is 3.36. The first-order valence-electron chi connectivity index (χ1n) is 6.45. The van der Waals surface area contributed by atoms with Crippen molar-refractivity contribution in [3.63, 3.8) is 0 Å². The molecule has 17 heavy (non-hydrogen) atoms. The molecule has 1 aromatic rings. The second kappa shape index (κ2) is 4.12. The van der Waals surface area contributed by atoms with E-state index in [-0.39, 0.29) is 10.8 Å². The number of nitrogens with zero attached hydrogens (tertiary/aromatic N) is 1. The number of hydrogen-bond donors (Lipinski definition) is 0. The number of aromatic nitrogens is 1. The van der Waals surface area contributed by atoms with Gasteiger partial charge in [-0.05, 0) is 48.3 Å². The Hall–Kier alpha value is -0.850. The Morgan fingerprint density at radius 2 is 1.06 bits per heavy atom. The molecule has 0 aliphatic heterocycles.